The molecule has 2 fully saturated rings. The molecule has 0 aromatic rings. The van der Waals surface area contributed by atoms with Gasteiger partial charge in [0.25, 0.3) is 0 Å². The molecule has 2 unspecified atom stereocenters. The van der Waals surface area contributed by atoms with E-state index in [2.05, 4.69) is 11.8 Å². The van der Waals surface area contributed by atoms with E-state index < -0.39 is 0 Å². The maximum atomic E-state index is 6.19. The zero-order valence-electron chi connectivity index (χ0n) is 10.8. The van der Waals surface area contributed by atoms with Gasteiger partial charge < -0.3 is 10.6 Å². The van der Waals surface area contributed by atoms with Crippen LogP contribution in [0.3, 0.4) is 0 Å². The molecule has 1 aliphatic carbocycles. The third-order valence-corrected chi connectivity index (χ3v) is 4.35. The second-order valence-electron chi connectivity index (χ2n) is 5.76. The van der Waals surface area contributed by atoms with Crippen molar-refractivity contribution in [2.45, 2.75) is 70.4 Å². The Hall–Kier alpha value is -0.0800. The molecule has 1 saturated carbocycles. The lowest BCUT2D eigenvalue weighted by atomic mass is 9.97. The summed E-state index contributed by atoms with van der Waals surface area (Å²) in [5.41, 5.74) is 6.19. The minimum Gasteiger partial charge on any atom is -0.327 e. The Labute approximate surface area is 101 Å². The van der Waals surface area contributed by atoms with E-state index in [0.717, 1.165) is 12.0 Å². The lowest BCUT2D eigenvalue weighted by Gasteiger charge is -2.36. The predicted octanol–water partition coefficient (Wildman–Crippen LogP) is 2.77. The molecule has 0 radical (unpaired) electrons. The van der Waals surface area contributed by atoms with Crippen LogP contribution in [0.2, 0.25) is 0 Å². The summed E-state index contributed by atoms with van der Waals surface area (Å²) in [6.45, 7) is 4.88. The maximum Gasteiger partial charge on any atom is 0.00951 e. The van der Waals surface area contributed by atoms with Crippen molar-refractivity contribution in [1.29, 1.82) is 0 Å². The van der Waals surface area contributed by atoms with Gasteiger partial charge in [-0.3, -0.25) is 0 Å². The second kappa shape index (κ2) is 6.02. The van der Waals surface area contributed by atoms with E-state index in [-0.39, 0.29) is 0 Å². The molecule has 0 amide bonds. The highest BCUT2D eigenvalue weighted by molar-refractivity contribution is 4.85. The number of piperidine rings is 1. The molecule has 2 aliphatic rings. The van der Waals surface area contributed by atoms with Gasteiger partial charge in [0.2, 0.25) is 0 Å². The van der Waals surface area contributed by atoms with Crippen LogP contribution in [-0.4, -0.2) is 30.1 Å². The minimum atomic E-state index is 0.490. The average Bonchev–Trinajstić information content (AvgIpc) is 3.12. The van der Waals surface area contributed by atoms with Crippen LogP contribution < -0.4 is 5.73 Å². The summed E-state index contributed by atoms with van der Waals surface area (Å²) >= 11 is 0. The molecule has 0 spiro atoms. The number of rotatable bonds is 6. The first kappa shape index (κ1) is 12.4. The summed E-state index contributed by atoms with van der Waals surface area (Å²) < 4.78 is 0. The smallest absolute Gasteiger partial charge is 0.00951 e. The van der Waals surface area contributed by atoms with Crippen molar-refractivity contribution in [2.24, 2.45) is 11.7 Å². The lowest BCUT2D eigenvalue weighted by Crippen LogP contribution is -2.42. The normalized spacial score (nSPS) is 29.2. The van der Waals surface area contributed by atoms with Gasteiger partial charge in [0.1, 0.15) is 0 Å². The van der Waals surface area contributed by atoms with Crippen LogP contribution in [0.4, 0.5) is 0 Å². The summed E-state index contributed by atoms with van der Waals surface area (Å²) in [6, 6.07) is 1.36. The Kier molecular flexibility index (Phi) is 4.66. The van der Waals surface area contributed by atoms with Gasteiger partial charge in [0, 0.05) is 12.1 Å². The number of nitrogens with zero attached hydrogens (tertiary/aromatic N) is 1. The Morgan fingerprint density at radius 1 is 1.25 bits per heavy atom. The fourth-order valence-corrected chi connectivity index (χ4v) is 3.09. The first-order valence-corrected chi connectivity index (χ1v) is 7.31. The van der Waals surface area contributed by atoms with Crippen molar-refractivity contribution in [1.82, 2.24) is 4.90 Å². The second-order valence-corrected chi connectivity index (χ2v) is 5.76. The molecule has 0 aromatic heterocycles. The van der Waals surface area contributed by atoms with E-state index in [0.29, 0.717) is 6.04 Å². The van der Waals surface area contributed by atoms with Crippen LogP contribution in [0.25, 0.3) is 0 Å². The largest absolute Gasteiger partial charge is 0.327 e. The van der Waals surface area contributed by atoms with Crippen molar-refractivity contribution < 1.29 is 0 Å². The highest BCUT2D eigenvalue weighted by Crippen LogP contribution is 2.33. The fraction of sp³-hybridized carbons (Fsp3) is 1.00. The third-order valence-electron chi connectivity index (χ3n) is 4.35. The van der Waals surface area contributed by atoms with Gasteiger partial charge in [-0.15, -0.1) is 0 Å². The van der Waals surface area contributed by atoms with Crippen LogP contribution in [-0.2, 0) is 0 Å². The van der Waals surface area contributed by atoms with Crippen molar-refractivity contribution >= 4 is 0 Å². The van der Waals surface area contributed by atoms with Gasteiger partial charge >= 0.3 is 0 Å². The van der Waals surface area contributed by atoms with Crippen LogP contribution in [0.1, 0.15) is 58.3 Å². The van der Waals surface area contributed by atoms with Gasteiger partial charge in [0.05, 0.1) is 0 Å². The van der Waals surface area contributed by atoms with Crippen LogP contribution in [0, 0.1) is 5.92 Å². The monoisotopic (exact) mass is 224 g/mol. The molecule has 1 heterocycles. The maximum absolute atomic E-state index is 6.19. The highest BCUT2D eigenvalue weighted by atomic mass is 15.2. The molecule has 0 aromatic carbocycles. The molecular weight excluding hydrogens is 196 g/mol. The molecule has 2 nitrogen and oxygen atoms in total. The van der Waals surface area contributed by atoms with Crippen molar-refractivity contribution in [3.05, 3.63) is 0 Å². The molecule has 0 bridgehead atoms. The Morgan fingerprint density at radius 2 is 2.06 bits per heavy atom. The Bertz CT molecular complexity index is 199. The zero-order valence-corrected chi connectivity index (χ0v) is 10.8. The van der Waals surface area contributed by atoms with Crippen LogP contribution in [0.15, 0.2) is 0 Å². The van der Waals surface area contributed by atoms with E-state index >= 15 is 0 Å². The standard InChI is InChI=1S/C14H28N2/c1-2-5-13-6-3-4-10-16(13)11-9-14(15)12-7-8-12/h12-14H,2-11,15H2,1H3. The number of hydrogen-bond donors (Lipinski definition) is 1. The van der Waals surface area contributed by atoms with Gasteiger partial charge in [-0.05, 0) is 57.5 Å². The Balaban J connectivity index is 1.71. The third kappa shape index (κ3) is 3.46. The van der Waals surface area contributed by atoms with Crippen LogP contribution in [0.5, 0.6) is 0 Å². The quantitative estimate of drug-likeness (QED) is 0.751. The molecule has 2 N–H and O–H groups in total. The molecular formula is C14H28N2. The first-order valence-electron chi connectivity index (χ1n) is 7.31. The van der Waals surface area contributed by atoms with Crippen molar-refractivity contribution in [2.75, 3.05) is 13.1 Å². The molecule has 94 valence electrons. The molecule has 2 rings (SSSR count). The van der Waals surface area contributed by atoms with Gasteiger partial charge in [0.15, 0.2) is 0 Å². The van der Waals surface area contributed by atoms with E-state index in [9.17, 15) is 0 Å². The predicted molar refractivity (Wildman–Crippen MR) is 69.4 cm³/mol. The molecule has 2 heteroatoms. The number of likely N-dealkylation sites (tertiary alicyclic amines) is 1. The summed E-state index contributed by atoms with van der Waals surface area (Å²) in [6.07, 6.45) is 11.0. The molecule has 1 aliphatic heterocycles. The summed E-state index contributed by atoms with van der Waals surface area (Å²) in [7, 11) is 0. The fourth-order valence-electron chi connectivity index (χ4n) is 3.09. The minimum absolute atomic E-state index is 0.490. The van der Waals surface area contributed by atoms with E-state index in [4.69, 9.17) is 5.73 Å². The summed E-state index contributed by atoms with van der Waals surface area (Å²) in [5, 5.41) is 0. The summed E-state index contributed by atoms with van der Waals surface area (Å²) in [5.74, 6) is 0.870. The zero-order chi connectivity index (χ0) is 11.4. The topological polar surface area (TPSA) is 29.3 Å². The number of nitrogens with two attached hydrogens (primary N) is 1. The molecule has 16 heavy (non-hydrogen) atoms. The van der Waals surface area contributed by atoms with Gasteiger partial charge in [-0.25, -0.2) is 0 Å². The van der Waals surface area contributed by atoms with Gasteiger partial charge in [-0.1, -0.05) is 19.8 Å². The van der Waals surface area contributed by atoms with E-state index in [1.165, 1.54) is 64.5 Å². The Morgan fingerprint density at radius 3 is 2.75 bits per heavy atom. The molecule has 2 atom stereocenters. The summed E-state index contributed by atoms with van der Waals surface area (Å²) in [4.78, 5) is 2.72. The van der Waals surface area contributed by atoms with E-state index in [1.54, 1.807) is 0 Å². The SMILES string of the molecule is CCCC1CCCCN1CCC(N)C1CC1. The lowest BCUT2D eigenvalue weighted by molar-refractivity contribution is 0.134. The van der Waals surface area contributed by atoms with Gasteiger partial charge in [-0.2, -0.15) is 0 Å². The van der Waals surface area contributed by atoms with Crippen molar-refractivity contribution in [3.8, 4) is 0 Å². The van der Waals surface area contributed by atoms with E-state index in [1.807, 2.05) is 0 Å². The number of hydrogen-bond acceptors (Lipinski definition) is 2. The average molecular weight is 224 g/mol. The molecule has 1 saturated heterocycles. The van der Waals surface area contributed by atoms with Crippen molar-refractivity contribution in [3.63, 3.8) is 0 Å². The highest BCUT2D eigenvalue weighted by Gasteiger charge is 2.29. The first-order chi connectivity index (χ1) is 7.81. The van der Waals surface area contributed by atoms with Crippen LogP contribution >= 0.6 is 0 Å².